The molecule has 0 aliphatic rings. The molecule has 0 atom stereocenters. The number of rotatable bonds is 5. The molecule has 3 rings (SSSR count). The largest absolute Gasteiger partial charge is 0.333 e. The standard InChI is InChI=1S/C21H18ClN3O2/c1-25(14-19(26)24-18-10-8-17(22)9-11-18)20(27)12-7-16-5-2-4-15-6-3-13-23-21(15)16/h2-13H,14H2,1H3,(H,24,26)/b12-7+. The minimum absolute atomic E-state index is 0.0560. The van der Waals surface area contributed by atoms with Crippen molar-refractivity contribution in [2.24, 2.45) is 0 Å². The summed E-state index contributed by atoms with van der Waals surface area (Å²) in [5, 5.41) is 4.32. The maximum Gasteiger partial charge on any atom is 0.246 e. The zero-order chi connectivity index (χ0) is 19.2. The van der Waals surface area contributed by atoms with Gasteiger partial charge in [-0.3, -0.25) is 14.6 Å². The average molecular weight is 380 g/mol. The van der Waals surface area contributed by atoms with Gasteiger partial charge in [-0.2, -0.15) is 0 Å². The number of benzene rings is 2. The maximum absolute atomic E-state index is 12.3. The first kappa shape index (κ1) is 18.6. The molecule has 0 unspecified atom stereocenters. The lowest BCUT2D eigenvalue weighted by Gasteiger charge is -2.15. The molecule has 1 N–H and O–H groups in total. The Bertz CT molecular complexity index is 994. The van der Waals surface area contributed by atoms with E-state index in [1.165, 1.54) is 11.0 Å². The average Bonchev–Trinajstić information content (AvgIpc) is 2.67. The fourth-order valence-electron chi connectivity index (χ4n) is 2.58. The minimum Gasteiger partial charge on any atom is -0.333 e. The lowest BCUT2D eigenvalue weighted by Crippen LogP contribution is -2.33. The highest BCUT2D eigenvalue weighted by atomic mass is 35.5. The van der Waals surface area contributed by atoms with Crippen molar-refractivity contribution in [3.63, 3.8) is 0 Å². The Kier molecular flexibility index (Phi) is 5.84. The van der Waals surface area contributed by atoms with E-state index in [9.17, 15) is 9.59 Å². The first-order valence-electron chi connectivity index (χ1n) is 8.35. The number of carbonyl (C=O) groups is 2. The maximum atomic E-state index is 12.3. The third-order valence-corrected chi connectivity index (χ3v) is 4.21. The van der Waals surface area contributed by atoms with Crippen LogP contribution in [0.2, 0.25) is 5.02 Å². The van der Waals surface area contributed by atoms with E-state index in [1.54, 1.807) is 43.6 Å². The second-order valence-corrected chi connectivity index (χ2v) is 6.44. The molecule has 0 radical (unpaired) electrons. The van der Waals surface area contributed by atoms with Gasteiger partial charge in [-0.1, -0.05) is 35.9 Å². The molecule has 136 valence electrons. The molecular formula is C21H18ClN3O2. The summed E-state index contributed by atoms with van der Waals surface area (Å²) >= 11 is 5.82. The number of para-hydroxylation sites is 1. The number of hydrogen-bond acceptors (Lipinski definition) is 3. The van der Waals surface area contributed by atoms with E-state index in [1.807, 2.05) is 30.3 Å². The number of likely N-dealkylation sites (N-methyl/N-ethyl adjacent to an activating group) is 1. The van der Waals surface area contributed by atoms with Gasteiger partial charge in [0.2, 0.25) is 11.8 Å². The number of fused-ring (bicyclic) bond motifs is 1. The molecule has 0 aliphatic heterocycles. The van der Waals surface area contributed by atoms with Gasteiger partial charge in [-0.25, -0.2) is 0 Å². The Morgan fingerprint density at radius 1 is 1.11 bits per heavy atom. The third kappa shape index (κ3) is 4.92. The highest BCUT2D eigenvalue weighted by Crippen LogP contribution is 2.17. The zero-order valence-corrected chi connectivity index (χ0v) is 15.5. The molecule has 0 spiro atoms. The predicted octanol–water partition coefficient (Wildman–Crippen LogP) is 4.00. The first-order valence-corrected chi connectivity index (χ1v) is 8.73. The van der Waals surface area contributed by atoms with Crippen molar-refractivity contribution >= 4 is 46.1 Å². The Hall–Kier alpha value is -3.18. The first-order chi connectivity index (χ1) is 13.0. The molecule has 1 aromatic heterocycles. The van der Waals surface area contributed by atoms with Crippen molar-refractivity contribution in [3.05, 3.63) is 77.5 Å². The molecule has 1 heterocycles. The fourth-order valence-corrected chi connectivity index (χ4v) is 2.70. The van der Waals surface area contributed by atoms with E-state index < -0.39 is 0 Å². The van der Waals surface area contributed by atoms with Gasteiger partial charge in [0.1, 0.15) is 0 Å². The van der Waals surface area contributed by atoms with Crippen LogP contribution in [0.3, 0.4) is 0 Å². The number of anilines is 1. The molecule has 0 bridgehead atoms. The molecule has 6 heteroatoms. The van der Waals surface area contributed by atoms with Gasteiger partial charge in [0.05, 0.1) is 12.1 Å². The Labute approximate surface area is 162 Å². The topological polar surface area (TPSA) is 62.3 Å². The van der Waals surface area contributed by atoms with E-state index in [4.69, 9.17) is 11.6 Å². The molecule has 0 aliphatic carbocycles. The number of pyridine rings is 1. The van der Waals surface area contributed by atoms with Crippen molar-refractivity contribution in [1.29, 1.82) is 0 Å². The van der Waals surface area contributed by atoms with Crippen LogP contribution in [0.25, 0.3) is 17.0 Å². The number of aromatic nitrogens is 1. The van der Waals surface area contributed by atoms with Gasteiger partial charge >= 0.3 is 0 Å². The number of hydrogen-bond donors (Lipinski definition) is 1. The van der Waals surface area contributed by atoms with Gasteiger partial charge in [0.25, 0.3) is 0 Å². The van der Waals surface area contributed by atoms with Crippen molar-refractivity contribution in [2.45, 2.75) is 0 Å². The summed E-state index contributed by atoms with van der Waals surface area (Å²) in [6.07, 6.45) is 4.87. The minimum atomic E-state index is -0.284. The SMILES string of the molecule is CN(CC(=O)Nc1ccc(Cl)cc1)C(=O)/C=C/c1cccc2cccnc12. The molecule has 0 saturated heterocycles. The van der Waals surface area contributed by atoms with Crippen LogP contribution >= 0.6 is 11.6 Å². The number of nitrogens with zero attached hydrogens (tertiary/aromatic N) is 2. The lowest BCUT2D eigenvalue weighted by atomic mass is 10.1. The highest BCUT2D eigenvalue weighted by molar-refractivity contribution is 6.30. The molecule has 2 amide bonds. The Morgan fingerprint density at radius 3 is 2.63 bits per heavy atom. The van der Waals surface area contributed by atoms with Crippen LogP contribution < -0.4 is 5.32 Å². The molecule has 5 nitrogen and oxygen atoms in total. The van der Waals surface area contributed by atoms with Crippen LogP contribution in [-0.2, 0) is 9.59 Å². The summed E-state index contributed by atoms with van der Waals surface area (Å²) in [4.78, 5) is 30.1. The Balaban J connectivity index is 1.62. The third-order valence-electron chi connectivity index (χ3n) is 3.95. The second-order valence-electron chi connectivity index (χ2n) is 6.01. The van der Waals surface area contributed by atoms with Gasteiger partial charge in [-0.15, -0.1) is 0 Å². The van der Waals surface area contributed by atoms with Crippen LogP contribution in [0, 0.1) is 0 Å². The molecular weight excluding hydrogens is 362 g/mol. The van der Waals surface area contributed by atoms with Crippen molar-refractivity contribution in [1.82, 2.24) is 9.88 Å². The highest BCUT2D eigenvalue weighted by Gasteiger charge is 2.11. The summed E-state index contributed by atoms with van der Waals surface area (Å²) in [5.41, 5.74) is 2.30. The smallest absolute Gasteiger partial charge is 0.246 e. The summed E-state index contributed by atoms with van der Waals surface area (Å²) in [6, 6.07) is 16.4. The lowest BCUT2D eigenvalue weighted by molar-refractivity contribution is -0.129. The molecule has 27 heavy (non-hydrogen) atoms. The van der Waals surface area contributed by atoms with Crippen molar-refractivity contribution in [3.8, 4) is 0 Å². The summed E-state index contributed by atoms with van der Waals surface area (Å²) in [7, 11) is 1.58. The molecule has 0 saturated carbocycles. The summed E-state index contributed by atoms with van der Waals surface area (Å²) in [6.45, 7) is -0.0560. The fraction of sp³-hybridized carbons (Fsp3) is 0.0952. The monoisotopic (exact) mass is 379 g/mol. The van der Waals surface area contributed by atoms with Gasteiger partial charge in [0.15, 0.2) is 0 Å². The quantitative estimate of drug-likeness (QED) is 0.681. The normalized spacial score (nSPS) is 10.9. The van der Waals surface area contributed by atoms with Gasteiger partial charge < -0.3 is 10.2 Å². The predicted molar refractivity (Wildman–Crippen MR) is 108 cm³/mol. The number of halogens is 1. The van der Waals surface area contributed by atoms with Crippen molar-refractivity contribution < 1.29 is 9.59 Å². The van der Waals surface area contributed by atoms with Gasteiger partial charge in [0, 0.05) is 41.0 Å². The summed E-state index contributed by atoms with van der Waals surface area (Å²) < 4.78 is 0. The van der Waals surface area contributed by atoms with Crippen LogP contribution in [0.4, 0.5) is 5.69 Å². The summed E-state index contributed by atoms with van der Waals surface area (Å²) in [5.74, 6) is -0.553. The van der Waals surface area contributed by atoms with E-state index in [0.29, 0.717) is 10.7 Å². The van der Waals surface area contributed by atoms with E-state index in [0.717, 1.165) is 16.5 Å². The van der Waals surface area contributed by atoms with E-state index in [2.05, 4.69) is 10.3 Å². The second kappa shape index (κ2) is 8.47. The van der Waals surface area contributed by atoms with Crippen LogP contribution in [0.15, 0.2) is 66.9 Å². The zero-order valence-electron chi connectivity index (χ0n) is 14.7. The number of amides is 2. The van der Waals surface area contributed by atoms with Crippen LogP contribution in [0.1, 0.15) is 5.56 Å². The van der Waals surface area contributed by atoms with Crippen LogP contribution in [-0.4, -0.2) is 35.3 Å². The Morgan fingerprint density at radius 2 is 1.85 bits per heavy atom. The van der Waals surface area contributed by atoms with Gasteiger partial charge in [-0.05, 0) is 36.4 Å². The van der Waals surface area contributed by atoms with E-state index in [-0.39, 0.29) is 18.4 Å². The molecule has 3 aromatic rings. The van der Waals surface area contributed by atoms with Crippen LogP contribution in [0.5, 0.6) is 0 Å². The van der Waals surface area contributed by atoms with Crippen molar-refractivity contribution in [2.75, 3.05) is 18.9 Å². The van der Waals surface area contributed by atoms with E-state index >= 15 is 0 Å². The number of carbonyl (C=O) groups excluding carboxylic acids is 2. The molecule has 2 aromatic carbocycles. The molecule has 0 fully saturated rings. The number of nitrogens with one attached hydrogen (secondary N) is 1.